The van der Waals surface area contributed by atoms with E-state index in [-0.39, 0.29) is 6.42 Å². The van der Waals surface area contributed by atoms with Crippen molar-refractivity contribution in [3.8, 4) is 17.2 Å². The van der Waals surface area contributed by atoms with E-state index in [2.05, 4.69) is 5.32 Å². The zero-order valence-electron chi connectivity index (χ0n) is 18.2. The summed E-state index contributed by atoms with van der Waals surface area (Å²) in [6, 6.07) is 8.00. The largest absolute Gasteiger partial charge is 0.493 e. The zero-order chi connectivity index (χ0) is 23.4. The molecule has 1 amide bonds. The van der Waals surface area contributed by atoms with Gasteiger partial charge in [0.1, 0.15) is 12.4 Å². The molecule has 2 aromatic rings. The first-order valence-electron chi connectivity index (χ1n) is 9.79. The number of hydrogen-bond donors (Lipinski definition) is 2. The molecule has 1 aliphatic carbocycles. The normalized spacial score (nSPS) is 13.7. The molecule has 2 aromatic carbocycles. The SMILES string of the molecule is COc1cc(/C=C2\C(C)=C(CC(=O)NCC(=O)O)c3cc(F)ccc32)cc(OC)c1OC. The minimum atomic E-state index is -1.13. The number of benzene rings is 2. The molecule has 0 fully saturated rings. The van der Waals surface area contributed by atoms with Crippen LogP contribution in [0.25, 0.3) is 17.2 Å². The van der Waals surface area contributed by atoms with E-state index in [9.17, 15) is 14.0 Å². The molecule has 0 spiro atoms. The smallest absolute Gasteiger partial charge is 0.322 e. The fourth-order valence-electron chi connectivity index (χ4n) is 3.73. The van der Waals surface area contributed by atoms with Crippen LogP contribution >= 0.6 is 0 Å². The van der Waals surface area contributed by atoms with E-state index >= 15 is 0 Å². The van der Waals surface area contributed by atoms with Gasteiger partial charge in [0.05, 0.1) is 27.8 Å². The lowest BCUT2D eigenvalue weighted by molar-refractivity contribution is -0.137. The second-order valence-electron chi connectivity index (χ2n) is 7.16. The van der Waals surface area contributed by atoms with Gasteiger partial charge in [0.15, 0.2) is 11.5 Å². The number of carbonyl (C=O) groups excluding carboxylic acids is 1. The van der Waals surface area contributed by atoms with Gasteiger partial charge >= 0.3 is 5.97 Å². The average molecular weight is 441 g/mol. The molecule has 32 heavy (non-hydrogen) atoms. The lowest BCUT2D eigenvalue weighted by Gasteiger charge is -2.13. The van der Waals surface area contributed by atoms with Crippen molar-refractivity contribution in [2.24, 2.45) is 0 Å². The summed E-state index contributed by atoms with van der Waals surface area (Å²) in [5, 5.41) is 11.1. The summed E-state index contributed by atoms with van der Waals surface area (Å²) in [6.07, 6.45) is 1.83. The van der Waals surface area contributed by atoms with Crippen molar-refractivity contribution in [2.45, 2.75) is 13.3 Å². The van der Waals surface area contributed by atoms with Gasteiger partial charge in [-0.15, -0.1) is 0 Å². The van der Waals surface area contributed by atoms with Gasteiger partial charge < -0.3 is 24.6 Å². The topological polar surface area (TPSA) is 94.1 Å². The molecule has 0 radical (unpaired) electrons. The van der Waals surface area contributed by atoms with E-state index in [0.29, 0.717) is 28.4 Å². The average Bonchev–Trinajstić information content (AvgIpc) is 3.01. The Labute approximate surface area is 185 Å². The molecule has 2 N–H and O–H groups in total. The number of carboxylic acids is 1. The third-order valence-electron chi connectivity index (χ3n) is 5.23. The van der Waals surface area contributed by atoms with Gasteiger partial charge in [-0.3, -0.25) is 9.59 Å². The number of fused-ring (bicyclic) bond motifs is 1. The highest BCUT2D eigenvalue weighted by Crippen LogP contribution is 2.45. The molecule has 0 unspecified atom stereocenters. The Morgan fingerprint density at radius 2 is 1.69 bits per heavy atom. The second-order valence-corrected chi connectivity index (χ2v) is 7.16. The summed E-state index contributed by atoms with van der Waals surface area (Å²) >= 11 is 0. The molecule has 0 aromatic heterocycles. The molecule has 0 heterocycles. The van der Waals surface area contributed by atoms with E-state index < -0.39 is 24.2 Å². The van der Waals surface area contributed by atoms with Gasteiger partial charge in [0.25, 0.3) is 0 Å². The van der Waals surface area contributed by atoms with Crippen LogP contribution in [0.3, 0.4) is 0 Å². The van der Waals surface area contributed by atoms with E-state index in [1.165, 1.54) is 33.5 Å². The fourth-order valence-corrected chi connectivity index (χ4v) is 3.73. The highest BCUT2D eigenvalue weighted by Gasteiger charge is 2.26. The number of methoxy groups -OCH3 is 3. The molecule has 8 heteroatoms. The maximum Gasteiger partial charge on any atom is 0.322 e. The number of allylic oxidation sites excluding steroid dienone is 2. The summed E-state index contributed by atoms with van der Waals surface area (Å²) in [5.74, 6) is -0.559. The van der Waals surface area contributed by atoms with Crippen LogP contribution in [-0.2, 0) is 9.59 Å². The van der Waals surface area contributed by atoms with Crippen LogP contribution in [-0.4, -0.2) is 44.9 Å². The quantitative estimate of drug-likeness (QED) is 0.648. The van der Waals surface area contributed by atoms with Gasteiger partial charge in [-0.2, -0.15) is 0 Å². The molecule has 0 saturated heterocycles. The number of nitrogens with one attached hydrogen (secondary N) is 1. The van der Waals surface area contributed by atoms with Crippen molar-refractivity contribution < 1.29 is 33.3 Å². The number of rotatable bonds is 8. The van der Waals surface area contributed by atoms with E-state index in [4.69, 9.17) is 19.3 Å². The molecule has 0 atom stereocenters. The standard InChI is InChI=1S/C24H24FNO6/c1-13-17(7-14-8-20(30-2)24(32-4)21(9-14)31-3)16-6-5-15(25)10-19(16)18(13)11-22(27)26-12-23(28)29/h5-10H,11-12H2,1-4H3,(H,26,27)(H,28,29)/b17-7+. The summed E-state index contributed by atoms with van der Waals surface area (Å²) in [4.78, 5) is 23.0. The first-order valence-corrected chi connectivity index (χ1v) is 9.79. The van der Waals surface area contributed by atoms with Crippen molar-refractivity contribution in [3.05, 3.63) is 58.4 Å². The number of amides is 1. The van der Waals surface area contributed by atoms with Crippen LogP contribution in [0.1, 0.15) is 30.0 Å². The Hall–Kier alpha value is -3.81. The fraction of sp³-hybridized carbons (Fsp3) is 0.250. The maximum absolute atomic E-state index is 14.0. The predicted octanol–water partition coefficient (Wildman–Crippen LogP) is 3.77. The van der Waals surface area contributed by atoms with Gasteiger partial charge in [-0.05, 0) is 70.7 Å². The molecular formula is C24H24FNO6. The van der Waals surface area contributed by atoms with Crippen molar-refractivity contribution in [1.29, 1.82) is 0 Å². The summed E-state index contributed by atoms with van der Waals surface area (Å²) < 4.78 is 30.2. The number of halogens is 1. The number of carboxylic acid groups (broad SMARTS) is 1. The van der Waals surface area contributed by atoms with Crippen LogP contribution in [0.15, 0.2) is 35.9 Å². The Bertz CT molecular complexity index is 1110. The van der Waals surface area contributed by atoms with Crippen LogP contribution in [0.2, 0.25) is 0 Å². The van der Waals surface area contributed by atoms with Crippen LogP contribution < -0.4 is 19.5 Å². The van der Waals surface area contributed by atoms with Crippen molar-refractivity contribution >= 4 is 29.1 Å². The van der Waals surface area contributed by atoms with E-state index in [1.54, 1.807) is 18.2 Å². The first-order chi connectivity index (χ1) is 15.3. The third-order valence-corrected chi connectivity index (χ3v) is 5.23. The van der Waals surface area contributed by atoms with Crippen molar-refractivity contribution in [3.63, 3.8) is 0 Å². The van der Waals surface area contributed by atoms with Gasteiger partial charge in [0, 0.05) is 0 Å². The van der Waals surface area contributed by atoms with Gasteiger partial charge in [-0.25, -0.2) is 4.39 Å². The highest BCUT2D eigenvalue weighted by atomic mass is 19.1. The Morgan fingerprint density at radius 3 is 2.25 bits per heavy atom. The number of hydrogen-bond acceptors (Lipinski definition) is 5. The van der Waals surface area contributed by atoms with Crippen LogP contribution in [0.4, 0.5) is 4.39 Å². The van der Waals surface area contributed by atoms with Gasteiger partial charge in [-0.1, -0.05) is 6.07 Å². The second kappa shape index (κ2) is 9.55. The molecule has 0 aliphatic heterocycles. The first kappa shape index (κ1) is 22.9. The molecule has 0 bridgehead atoms. The van der Waals surface area contributed by atoms with Crippen LogP contribution in [0, 0.1) is 5.82 Å². The summed E-state index contributed by atoms with van der Waals surface area (Å²) in [7, 11) is 4.58. The lowest BCUT2D eigenvalue weighted by Crippen LogP contribution is -2.29. The molecule has 0 saturated carbocycles. The predicted molar refractivity (Wildman–Crippen MR) is 118 cm³/mol. The van der Waals surface area contributed by atoms with Crippen molar-refractivity contribution in [1.82, 2.24) is 5.32 Å². The van der Waals surface area contributed by atoms with E-state index in [0.717, 1.165) is 22.3 Å². The molecule has 1 aliphatic rings. The highest BCUT2D eigenvalue weighted by molar-refractivity contribution is 6.08. The minimum absolute atomic E-state index is 0.0673. The monoisotopic (exact) mass is 441 g/mol. The molecule has 3 rings (SSSR count). The molecule has 168 valence electrons. The van der Waals surface area contributed by atoms with Crippen LogP contribution in [0.5, 0.6) is 17.2 Å². The summed E-state index contributed by atoms with van der Waals surface area (Å²) in [5.41, 5.74) is 4.40. The van der Waals surface area contributed by atoms with Crippen molar-refractivity contribution in [2.75, 3.05) is 27.9 Å². The minimum Gasteiger partial charge on any atom is -0.493 e. The van der Waals surface area contributed by atoms with E-state index in [1.807, 2.05) is 13.0 Å². The zero-order valence-corrected chi connectivity index (χ0v) is 18.2. The number of carbonyl (C=O) groups is 2. The molecule has 7 nitrogen and oxygen atoms in total. The Balaban J connectivity index is 2.08. The molecular weight excluding hydrogens is 417 g/mol. The third kappa shape index (κ3) is 4.59. The summed E-state index contributed by atoms with van der Waals surface area (Å²) in [6.45, 7) is 1.37. The maximum atomic E-state index is 14.0. The number of ether oxygens (including phenoxy) is 3. The number of aliphatic carboxylic acids is 1. The Kier molecular flexibility index (Phi) is 6.82. The van der Waals surface area contributed by atoms with Gasteiger partial charge in [0.2, 0.25) is 11.7 Å². The lowest BCUT2D eigenvalue weighted by atomic mass is 10.00. The Morgan fingerprint density at radius 1 is 1.03 bits per heavy atom.